The molecule has 3 heteroatoms. The Morgan fingerprint density at radius 2 is 0.881 bits per heavy atom. The van der Waals surface area contributed by atoms with Crippen molar-refractivity contribution in [3.05, 3.63) is 224 Å². The van der Waals surface area contributed by atoms with Crippen LogP contribution in [-0.4, -0.2) is 9.97 Å². The summed E-state index contributed by atoms with van der Waals surface area (Å²) in [6, 6.07) is 79.7. The molecule has 0 spiro atoms. The molecule has 11 rings (SSSR count). The molecule has 0 atom stereocenters. The van der Waals surface area contributed by atoms with Gasteiger partial charge >= 0.3 is 0 Å². The molecular weight excluding hydrogens is 715 g/mol. The molecule has 9 aromatic carbocycles. The number of pyridine rings is 2. The van der Waals surface area contributed by atoms with Crippen molar-refractivity contribution in [2.24, 2.45) is 0 Å². The van der Waals surface area contributed by atoms with E-state index in [9.17, 15) is 0 Å². The van der Waals surface area contributed by atoms with Gasteiger partial charge < -0.3 is 4.90 Å². The highest BCUT2D eigenvalue weighted by atomic mass is 15.1. The molecule has 2 aromatic heterocycles. The van der Waals surface area contributed by atoms with E-state index in [0.717, 1.165) is 88.7 Å². The summed E-state index contributed by atoms with van der Waals surface area (Å²) in [5.74, 6) is 0. The van der Waals surface area contributed by atoms with Crippen LogP contribution < -0.4 is 4.90 Å². The number of anilines is 3. The lowest BCUT2D eigenvalue weighted by molar-refractivity contribution is 1.28. The molecule has 276 valence electrons. The average Bonchev–Trinajstić information content (AvgIpc) is 3.32. The SMILES string of the molecule is c1ccc(-c2ccc(-c3cc(-c4cc5ccccc5c5c4c(-c4ccccc4)nc4c(N(c6ccccc6)c6ccccc6)cccc45)nc4ccccc34)cc2)cc1. The predicted molar refractivity (Wildman–Crippen MR) is 248 cm³/mol. The summed E-state index contributed by atoms with van der Waals surface area (Å²) < 4.78 is 0. The number of para-hydroxylation sites is 4. The lowest BCUT2D eigenvalue weighted by atomic mass is 9.89. The summed E-state index contributed by atoms with van der Waals surface area (Å²) in [5, 5.41) is 6.78. The Hall–Kier alpha value is -7.88. The lowest BCUT2D eigenvalue weighted by Gasteiger charge is -2.27. The predicted octanol–water partition coefficient (Wildman–Crippen LogP) is 15.2. The Morgan fingerprint density at radius 3 is 1.58 bits per heavy atom. The van der Waals surface area contributed by atoms with Crippen LogP contribution in [0.2, 0.25) is 0 Å². The van der Waals surface area contributed by atoms with Crippen molar-refractivity contribution in [3.8, 4) is 44.8 Å². The van der Waals surface area contributed by atoms with Crippen LogP contribution in [0, 0.1) is 0 Å². The molecule has 0 bridgehead atoms. The fourth-order valence-electron chi connectivity index (χ4n) is 8.69. The van der Waals surface area contributed by atoms with Gasteiger partial charge in [-0.25, -0.2) is 9.97 Å². The standard InChI is InChI=1S/C56H37N3/c1-5-18-38(19-6-1)39-32-34-40(35-33-39)48-37-51(57-50-30-16-15-28-46(48)50)49-36-42-22-13-14-27-45(42)53-47-29-17-31-52(56(47)58-55(54(49)53)41-20-7-2-8-21-41)59(43-23-9-3-10-24-43)44-25-11-4-12-26-44/h1-37H. The van der Waals surface area contributed by atoms with Crippen molar-refractivity contribution in [1.29, 1.82) is 0 Å². The zero-order valence-corrected chi connectivity index (χ0v) is 32.2. The van der Waals surface area contributed by atoms with Gasteiger partial charge in [0.1, 0.15) is 0 Å². The van der Waals surface area contributed by atoms with Crippen molar-refractivity contribution in [3.63, 3.8) is 0 Å². The van der Waals surface area contributed by atoms with E-state index in [1.165, 1.54) is 16.5 Å². The highest BCUT2D eigenvalue weighted by Gasteiger charge is 2.23. The highest BCUT2D eigenvalue weighted by Crippen LogP contribution is 2.47. The molecule has 0 radical (unpaired) electrons. The highest BCUT2D eigenvalue weighted by molar-refractivity contribution is 6.28. The topological polar surface area (TPSA) is 29.0 Å². The van der Waals surface area contributed by atoms with Crippen LogP contribution in [0.15, 0.2) is 224 Å². The normalized spacial score (nSPS) is 11.4. The Bertz CT molecular complexity index is 3250. The molecule has 0 fully saturated rings. The molecule has 2 heterocycles. The van der Waals surface area contributed by atoms with Gasteiger partial charge in [-0.15, -0.1) is 0 Å². The third-order valence-corrected chi connectivity index (χ3v) is 11.4. The molecule has 0 aliphatic carbocycles. The Labute approximate surface area is 343 Å². The second-order valence-corrected chi connectivity index (χ2v) is 14.9. The van der Waals surface area contributed by atoms with E-state index < -0.39 is 0 Å². The minimum atomic E-state index is 0.909. The van der Waals surface area contributed by atoms with Crippen molar-refractivity contribution in [2.45, 2.75) is 0 Å². The van der Waals surface area contributed by atoms with Gasteiger partial charge in [-0.05, 0) is 81.6 Å². The summed E-state index contributed by atoms with van der Waals surface area (Å²) in [6.45, 7) is 0. The molecule has 0 saturated carbocycles. The number of nitrogens with zero attached hydrogens (tertiary/aromatic N) is 3. The maximum atomic E-state index is 5.75. The molecule has 0 saturated heterocycles. The molecular formula is C56H37N3. The Kier molecular flexibility index (Phi) is 8.49. The molecule has 0 unspecified atom stereocenters. The molecule has 3 nitrogen and oxygen atoms in total. The first-order valence-electron chi connectivity index (χ1n) is 20.1. The minimum Gasteiger partial charge on any atom is -0.308 e. The van der Waals surface area contributed by atoms with Crippen LogP contribution >= 0.6 is 0 Å². The second-order valence-electron chi connectivity index (χ2n) is 14.9. The number of benzene rings is 9. The van der Waals surface area contributed by atoms with E-state index in [4.69, 9.17) is 9.97 Å². The monoisotopic (exact) mass is 751 g/mol. The van der Waals surface area contributed by atoms with Crippen LogP contribution in [0.1, 0.15) is 0 Å². The second kappa shape index (κ2) is 14.6. The molecule has 0 aliphatic rings. The lowest BCUT2D eigenvalue weighted by Crippen LogP contribution is -2.11. The van der Waals surface area contributed by atoms with Gasteiger partial charge in [0.25, 0.3) is 0 Å². The van der Waals surface area contributed by atoms with E-state index in [0.29, 0.717) is 0 Å². The summed E-state index contributed by atoms with van der Waals surface area (Å²) in [4.78, 5) is 13.5. The van der Waals surface area contributed by atoms with E-state index >= 15 is 0 Å². The molecule has 0 N–H and O–H groups in total. The summed E-state index contributed by atoms with van der Waals surface area (Å²) in [6.07, 6.45) is 0. The summed E-state index contributed by atoms with van der Waals surface area (Å²) in [7, 11) is 0. The van der Waals surface area contributed by atoms with E-state index in [1.54, 1.807) is 0 Å². The number of hydrogen-bond donors (Lipinski definition) is 0. The molecule has 0 amide bonds. The average molecular weight is 752 g/mol. The van der Waals surface area contributed by atoms with Crippen LogP contribution in [0.3, 0.4) is 0 Å². The van der Waals surface area contributed by atoms with Gasteiger partial charge in [0, 0.05) is 44.0 Å². The zero-order valence-electron chi connectivity index (χ0n) is 32.2. The van der Waals surface area contributed by atoms with E-state index in [1.807, 2.05) is 0 Å². The molecule has 11 aromatic rings. The smallest absolute Gasteiger partial charge is 0.0956 e. The van der Waals surface area contributed by atoms with Gasteiger partial charge in [0.05, 0.1) is 28.1 Å². The zero-order chi connectivity index (χ0) is 39.1. The quantitative estimate of drug-likeness (QED) is 0.152. The first-order chi connectivity index (χ1) is 29.3. The van der Waals surface area contributed by atoms with Crippen LogP contribution in [0.25, 0.3) is 88.1 Å². The van der Waals surface area contributed by atoms with Crippen LogP contribution in [-0.2, 0) is 0 Å². The fourth-order valence-corrected chi connectivity index (χ4v) is 8.69. The molecule has 0 aliphatic heterocycles. The first-order valence-corrected chi connectivity index (χ1v) is 20.1. The fraction of sp³-hybridized carbons (Fsp3) is 0. The van der Waals surface area contributed by atoms with Gasteiger partial charge in [-0.3, -0.25) is 0 Å². The van der Waals surface area contributed by atoms with E-state index in [-0.39, 0.29) is 0 Å². The maximum Gasteiger partial charge on any atom is 0.0956 e. The van der Waals surface area contributed by atoms with Gasteiger partial charge in [-0.2, -0.15) is 0 Å². The maximum absolute atomic E-state index is 5.75. The number of fused-ring (bicyclic) bond motifs is 6. The van der Waals surface area contributed by atoms with Crippen molar-refractivity contribution in [2.75, 3.05) is 4.90 Å². The van der Waals surface area contributed by atoms with Gasteiger partial charge in [0.15, 0.2) is 0 Å². The Balaban J connectivity index is 1.23. The van der Waals surface area contributed by atoms with E-state index in [2.05, 4.69) is 229 Å². The molecule has 59 heavy (non-hydrogen) atoms. The van der Waals surface area contributed by atoms with Crippen LogP contribution in [0.4, 0.5) is 17.1 Å². The van der Waals surface area contributed by atoms with Crippen LogP contribution in [0.5, 0.6) is 0 Å². The van der Waals surface area contributed by atoms with Crippen molar-refractivity contribution in [1.82, 2.24) is 9.97 Å². The Morgan fingerprint density at radius 1 is 0.339 bits per heavy atom. The van der Waals surface area contributed by atoms with Crippen molar-refractivity contribution >= 4 is 60.4 Å². The summed E-state index contributed by atoms with van der Waals surface area (Å²) in [5.41, 5.74) is 13.6. The third-order valence-electron chi connectivity index (χ3n) is 11.4. The van der Waals surface area contributed by atoms with Gasteiger partial charge in [0.2, 0.25) is 0 Å². The van der Waals surface area contributed by atoms with Crippen molar-refractivity contribution < 1.29 is 0 Å². The largest absolute Gasteiger partial charge is 0.308 e. The number of rotatable bonds is 7. The minimum absolute atomic E-state index is 0.909. The third kappa shape index (κ3) is 6.08. The summed E-state index contributed by atoms with van der Waals surface area (Å²) >= 11 is 0. The first kappa shape index (κ1) is 34.4. The van der Waals surface area contributed by atoms with Gasteiger partial charge in [-0.1, -0.05) is 176 Å². The number of hydrogen-bond acceptors (Lipinski definition) is 3. The number of aromatic nitrogens is 2.